The Balaban J connectivity index is 2.08. The standard InChI is InChI=1S/C22H24N2O3/c1-15-10-11-19-20(13-15)24(17-7-4-3-5-8-17)22(27)21(19)16(2)23-14-18(26)9-6-12-25/h3-5,7-8,10-11,13,25,27H,6,9,12,14H2,1-2H3. The molecule has 0 fully saturated rings. The summed E-state index contributed by atoms with van der Waals surface area (Å²) in [4.78, 5) is 16.3. The molecule has 0 aliphatic heterocycles. The molecule has 0 amide bonds. The molecule has 1 aromatic heterocycles. The Morgan fingerprint density at radius 3 is 2.59 bits per heavy atom. The Morgan fingerprint density at radius 2 is 1.89 bits per heavy atom. The van der Waals surface area contributed by atoms with Gasteiger partial charge in [0.05, 0.1) is 17.6 Å². The van der Waals surface area contributed by atoms with Crippen molar-refractivity contribution in [2.45, 2.75) is 26.7 Å². The predicted molar refractivity (Wildman–Crippen MR) is 108 cm³/mol. The fourth-order valence-electron chi connectivity index (χ4n) is 3.22. The number of benzene rings is 2. The summed E-state index contributed by atoms with van der Waals surface area (Å²) >= 11 is 0. The van der Waals surface area contributed by atoms with E-state index in [2.05, 4.69) is 4.99 Å². The molecular formula is C22H24N2O3. The van der Waals surface area contributed by atoms with Crippen LogP contribution in [-0.2, 0) is 4.79 Å². The molecule has 2 N–H and O–H groups in total. The summed E-state index contributed by atoms with van der Waals surface area (Å²) in [6.07, 6.45) is 0.759. The van der Waals surface area contributed by atoms with Crippen LogP contribution in [0.1, 0.15) is 30.9 Å². The number of carbonyl (C=O) groups excluding carboxylic acids is 1. The molecule has 1 heterocycles. The van der Waals surface area contributed by atoms with Gasteiger partial charge in [-0.15, -0.1) is 0 Å². The van der Waals surface area contributed by atoms with Gasteiger partial charge in [0.15, 0.2) is 5.78 Å². The van der Waals surface area contributed by atoms with Gasteiger partial charge >= 0.3 is 0 Å². The van der Waals surface area contributed by atoms with Crippen LogP contribution in [0.5, 0.6) is 5.88 Å². The molecule has 0 saturated carbocycles. The van der Waals surface area contributed by atoms with Gasteiger partial charge in [0.2, 0.25) is 5.88 Å². The molecule has 3 rings (SSSR count). The van der Waals surface area contributed by atoms with Gasteiger partial charge in [-0.3, -0.25) is 14.4 Å². The van der Waals surface area contributed by atoms with Crippen molar-refractivity contribution in [2.24, 2.45) is 4.99 Å². The number of aromatic hydroxyl groups is 1. The number of aromatic nitrogens is 1. The summed E-state index contributed by atoms with van der Waals surface area (Å²) in [5, 5.41) is 20.7. The number of aryl methyl sites for hydroxylation is 1. The third kappa shape index (κ3) is 3.93. The number of nitrogens with zero attached hydrogens (tertiary/aromatic N) is 2. The van der Waals surface area contributed by atoms with Gasteiger partial charge in [-0.05, 0) is 44.0 Å². The highest BCUT2D eigenvalue weighted by molar-refractivity contribution is 6.13. The number of Topliss-reactive ketones (excluding diaryl/α,β-unsaturated/α-hetero) is 1. The fourth-order valence-corrected chi connectivity index (χ4v) is 3.22. The zero-order valence-electron chi connectivity index (χ0n) is 15.6. The number of aliphatic hydroxyl groups is 1. The first-order chi connectivity index (χ1) is 13.0. The number of fused-ring (bicyclic) bond motifs is 1. The first-order valence-electron chi connectivity index (χ1n) is 9.06. The average Bonchev–Trinajstić information content (AvgIpc) is 2.96. The van der Waals surface area contributed by atoms with Crippen molar-refractivity contribution in [1.82, 2.24) is 4.57 Å². The van der Waals surface area contributed by atoms with E-state index in [9.17, 15) is 9.90 Å². The fraction of sp³-hybridized carbons (Fsp3) is 0.273. The van der Waals surface area contributed by atoms with Gasteiger partial charge in [0.25, 0.3) is 0 Å². The summed E-state index contributed by atoms with van der Waals surface area (Å²) in [5.41, 5.74) is 4.12. The van der Waals surface area contributed by atoms with Crippen LogP contribution in [0.3, 0.4) is 0 Å². The van der Waals surface area contributed by atoms with Crippen LogP contribution in [0.4, 0.5) is 0 Å². The number of rotatable bonds is 7. The van der Waals surface area contributed by atoms with Crippen molar-refractivity contribution in [3.63, 3.8) is 0 Å². The Labute approximate surface area is 158 Å². The van der Waals surface area contributed by atoms with Crippen LogP contribution in [0.2, 0.25) is 0 Å². The van der Waals surface area contributed by atoms with E-state index < -0.39 is 0 Å². The molecule has 5 nitrogen and oxygen atoms in total. The lowest BCUT2D eigenvalue weighted by molar-refractivity contribution is -0.117. The summed E-state index contributed by atoms with van der Waals surface area (Å²) < 4.78 is 1.81. The van der Waals surface area contributed by atoms with Crippen LogP contribution in [0.15, 0.2) is 53.5 Å². The molecule has 0 aliphatic carbocycles. The second kappa shape index (κ2) is 8.18. The van der Waals surface area contributed by atoms with E-state index in [1.807, 2.05) is 66.9 Å². The maximum absolute atomic E-state index is 11.9. The van der Waals surface area contributed by atoms with E-state index in [1.165, 1.54) is 0 Å². The van der Waals surface area contributed by atoms with Crippen LogP contribution in [-0.4, -0.2) is 39.4 Å². The highest BCUT2D eigenvalue weighted by atomic mass is 16.3. The zero-order valence-corrected chi connectivity index (χ0v) is 15.6. The molecule has 2 aromatic carbocycles. The van der Waals surface area contributed by atoms with Crippen LogP contribution in [0.25, 0.3) is 16.6 Å². The number of ketones is 1. The Kier molecular flexibility index (Phi) is 5.72. The van der Waals surface area contributed by atoms with E-state index in [0.29, 0.717) is 24.1 Å². The first-order valence-corrected chi connectivity index (χ1v) is 9.06. The highest BCUT2D eigenvalue weighted by Gasteiger charge is 2.20. The minimum atomic E-state index is -0.0227. The minimum absolute atomic E-state index is 0.000854. The average molecular weight is 364 g/mol. The molecule has 0 radical (unpaired) electrons. The van der Waals surface area contributed by atoms with E-state index in [4.69, 9.17) is 5.11 Å². The largest absolute Gasteiger partial charge is 0.494 e. The predicted octanol–water partition coefficient (Wildman–Crippen LogP) is 3.80. The van der Waals surface area contributed by atoms with Gasteiger partial charge in [-0.2, -0.15) is 0 Å². The summed E-state index contributed by atoms with van der Waals surface area (Å²) in [5.74, 6) is 0.0939. The lowest BCUT2D eigenvalue weighted by Gasteiger charge is -2.07. The van der Waals surface area contributed by atoms with Crippen LogP contribution < -0.4 is 0 Å². The van der Waals surface area contributed by atoms with E-state index in [-0.39, 0.29) is 24.8 Å². The Morgan fingerprint density at radius 1 is 1.15 bits per heavy atom. The molecule has 0 unspecified atom stereocenters. The maximum Gasteiger partial charge on any atom is 0.206 e. The number of carbonyl (C=O) groups is 1. The maximum atomic E-state index is 11.9. The Bertz CT molecular complexity index is 988. The quantitative estimate of drug-likeness (QED) is 0.626. The minimum Gasteiger partial charge on any atom is -0.494 e. The second-order valence-electron chi connectivity index (χ2n) is 6.66. The molecule has 0 atom stereocenters. The highest BCUT2D eigenvalue weighted by Crippen LogP contribution is 2.35. The number of aliphatic imine (C=N–C) groups is 1. The van der Waals surface area contributed by atoms with Crippen molar-refractivity contribution >= 4 is 22.4 Å². The molecule has 3 aromatic rings. The SMILES string of the molecule is CC(=NCC(=O)CCCO)c1c(O)n(-c2ccccc2)c2cc(C)ccc12. The van der Waals surface area contributed by atoms with Gasteiger partial charge in [0, 0.05) is 29.8 Å². The summed E-state index contributed by atoms with van der Waals surface area (Å²) in [6, 6.07) is 15.7. The van der Waals surface area contributed by atoms with Crippen molar-refractivity contribution < 1.29 is 15.0 Å². The number of hydrogen-bond acceptors (Lipinski definition) is 4. The topological polar surface area (TPSA) is 74.8 Å². The van der Waals surface area contributed by atoms with Crippen LogP contribution >= 0.6 is 0 Å². The van der Waals surface area contributed by atoms with Crippen molar-refractivity contribution in [1.29, 1.82) is 0 Å². The third-order valence-corrected chi connectivity index (χ3v) is 4.58. The van der Waals surface area contributed by atoms with Gasteiger partial charge in [0.1, 0.15) is 0 Å². The van der Waals surface area contributed by atoms with Crippen molar-refractivity contribution in [3.8, 4) is 11.6 Å². The third-order valence-electron chi connectivity index (χ3n) is 4.58. The second-order valence-corrected chi connectivity index (χ2v) is 6.66. The summed E-state index contributed by atoms with van der Waals surface area (Å²) in [6.45, 7) is 3.87. The molecule has 0 saturated heterocycles. The van der Waals surface area contributed by atoms with Crippen molar-refractivity contribution in [2.75, 3.05) is 13.2 Å². The van der Waals surface area contributed by atoms with Crippen LogP contribution in [0, 0.1) is 6.92 Å². The number of hydrogen-bond donors (Lipinski definition) is 2. The molecular weight excluding hydrogens is 340 g/mol. The molecule has 27 heavy (non-hydrogen) atoms. The molecule has 140 valence electrons. The van der Waals surface area contributed by atoms with Crippen molar-refractivity contribution in [3.05, 3.63) is 59.7 Å². The lowest BCUT2D eigenvalue weighted by atomic mass is 10.1. The van der Waals surface area contributed by atoms with E-state index >= 15 is 0 Å². The van der Waals surface area contributed by atoms with Gasteiger partial charge in [-0.25, -0.2) is 0 Å². The lowest BCUT2D eigenvalue weighted by Crippen LogP contribution is -2.06. The molecule has 0 aliphatic rings. The first kappa shape index (κ1) is 18.9. The summed E-state index contributed by atoms with van der Waals surface area (Å²) in [7, 11) is 0. The van der Waals surface area contributed by atoms with Gasteiger partial charge in [-0.1, -0.05) is 30.3 Å². The molecule has 0 spiro atoms. The van der Waals surface area contributed by atoms with E-state index in [1.54, 1.807) is 0 Å². The smallest absolute Gasteiger partial charge is 0.206 e. The number of aliphatic hydroxyl groups excluding tert-OH is 1. The monoisotopic (exact) mass is 364 g/mol. The zero-order chi connectivity index (χ0) is 19.4. The van der Waals surface area contributed by atoms with E-state index in [0.717, 1.165) is 22.2 Å². The Hall–Kier alpha value is -2.92. The number of para-hydroxylation sites is 1. The molecule has 5 heteroatoms. The normalized spacial score (nSPS) is 11.9. The van der Waals surface area contributed by atoms with Gasteiger partial charge < -0.3 is 10.2 Å². The molecule has 0 bridgehead atoms.